The molecule has 128 valence electrons. The van der Waals surface area contributed by atoms with Gasteiger partial charge in [-0.3, -0.25) is 4.90 Å². The Kier molecular flexibility index (Phi) is 6.86. The number of benzene rings is 1. The molecule has 0 saturated carbocycles. The van der Waals surface area contributed by atoms with Gasteiger partial charge >= 0.3 is 5.97 Å². The number of esters is 1. The van der Waals surface area contributed by atoms with Gasteiger partial charge in [0.15, 0.2) is 0 Å². The molecular weight excluding hydrogens is 294 g/mol. The quantitative estimate of drug-likeness (QED) is 0.782. The second kappa shape index (κ2) is 8.89. The van der Waals surface area contributed by atoms with Crippen LogP contribution < -0.4 is 4.74 Å². The molecule has 0 spiro atoms. The van der Waals surface area contributed by atoms with Gasteiger partial charge in [-0.05, 0) is 44.0 Å². The lowest BCUT2D eigenvalue weighted by Crippen LogP contribution is -2.44. The van der Waals surface area contributed by atoms with Gasteiger partial charge in [-0.15, -0.1) is 0 Å². The molecule has 5 heteroatoms. The Morgan fingerprint density at radius 3 is 3.00 bits per heavy atom. The Morgan fingerprint density at radius 2 is 2.26 bits per heavy atom. The van der Waals surface area contributed by atoms with Crippen LogP contribution in [0.5, 0.6) is 5.75 Å². The summed E-state index contributed by atoms with van der Waals surface area (Å²) in [6.07, 6.45) is 4.27. The van der Waals surface area contributed by atoms with Crippen LogP contribution in [0.1, 0.15) is 43.0 Å². The van der Waals surface area contributed by atoms with Gasteiger partial charge in [0.2, 0.25) is 0 Å². The van der Waals surface area contributed by atoms with Crippen LogP contribution in [-0.2, 0) is 4.74 Å². The van der Waals surface area contributed by atoms with E-state index < -0.39 is 12.1 Å². The van der Waals surface area contributed by atoms with E-state index in [2.05, 4.69) is 11.8 Å². The van der Waals surface area contributed by atoms with E-state index in [1.54, 1.807) is 24.3 Å². The molecule has 2 rings (SSSR count). The van der Waals surface area contributed by atoms with E-state index in [-0.39, 0.29) is 6.61 Å². The molecule has 0 amide bonds. The van der Waals surface area contributed by atoms with Crippen LogP contribution in [0.25, 0.3) is 0 Å². The van der Waals surface area contributed by atoms with Crippen LogP contribution in [0.2, 0.25) is 0 Å². The van der Waals surface area contributed by atoms with Crippen molar-refractivity contribution in [2.24, 2.45) is 0 Å². The van der Waals surface area contributed by atoms with E-state index in [0.717, 1.165) is 13.0 Å². The average Bonchev–Trinajstić information content (AvgIpc) is 2.60. The molecular formula is C18H27NO4. The first kappa shape index (κ1) is 17.8. The van der Waals surface area contributed by atoms with Crippen molar-refractivity contribution in [2.75, 3.05) is 26.8 Å². The molecule has 1 aromatic carbocycles. The number of carbonyl (C=O) groups is 1. The Hall–Kier alpha value is -1.59. The normalized spacial score (nSPS) is 20.0. The first-order valence-corrected chi connectivity index (χ1v) is 8.37. The molecule has 0 unspecified atom stereocenters. The number of ether oxygens (including phenoxy) is 2. The lowest BCUT2D eigenvalue weighted by molar-refractivity contribution is 0.0387. The number of hydrogen-bond donors (Lipinski definition) is 1. The van der Waals surface area contributed by atoms with Gasteiger partial charge in [-0.2, -0.15) is 0 Å². The molecule has 0 bridgehead atoms. The first-order chi connectivity index (χ1) is 11.1. The molecule has 0 radical (unpaired) electrons. The molecule has 1 saturated heterocycles. The highest BCUT2D eigenvalue weighted by Gasteiger charge is 2.23. The number of rotatable bonds is 7. The van der Waals surface area contributed by atoms with E-state index in [9.17, 15) is 9.90 Å². The van der Waals surface area contributed by atoms with Crippen LogP contribution in [0.3, 0.4) is 0 Å². The third kappa shape index (κ3) is 5.22. The Labute approximate surface area is 138 Å². The maximum atomic E-state index is 11.5. The number of aliphatic hydroxyl groups excluding tert-OH is 1. The number of hydrogen-bond acceptors (Lipinski definition) is 5. The summed E-state index contributed by atoms with van der Waals surface area (Å²) in [4.78, 5) is 13.9. The Bertz CT molecular complexity index is 506. The van der Waals surface area contributed by atoms with E-state index >= 15 is 0 Å². The van der Waals surface area contributed by atoms with Crippen molar-refractivity contribution >= 4 is 5.97 Å². The summed E-state index contributed by atoms with van der Waals surface area (Å²) in [5.74, 6) is 0.174. The van der Waals surface area contributed by atoms with Crippen molar-refractivity contribution in [3.8, 4) is 5.75 Å². The van der Waals surface area contributed by atoms with Crippen molar-refractivity contribution in [1.82, 2.24) is 4.90 Å². The van der Waals surface area contributed by atoms with Gasteiger partial charge in [0.25, 0.3) is 0 Å². The summed E-state index contributed by atoms with van der Waals surface area (Å²) in [7, 11) is 1.35. The minimum Gasteiger partial charge on any atom is -0.491 e. The molecule has 0 aromatic heterocycles. The topological polar surface area (TPSA) is 59.0 Å². The highest BCUT2D eigenvalue weighted by Crippen LogP contribution is 2.20. The third-order valence-corrected chi connectivity index (χ3v) is 4.36. The van der Waals surface area contributed by atoms with Crippen molar-refractivity contribution in [3.63, 3.8) is 0 Å². The zero-order valence-corrected chi connectivity index (χ0v) is 14.0. The SMILES string of the molecule is CC[C@@H]1CCCCN1C[C@@H](O)COc1cccc(C(=O)OC)c1. The van der Waals surface area contributed by atoms with E-state index in [4.69, 9.17) is 9.47 Å². The second-order valence-electron chi connectivity index (χ2n) is 6.04. The number of β-amino-alcohol motifs (C(OH)–C–C–N with tert-alkyl or cyclic N) is 1. The van der Waals surface area contributed by atoms with Crippen molar-refractivity contribution in [3.05, 3.63) is 29.8 Å². The minimum atomic E-state index is -0.538. The second-order valence-corrected chi connectivity index (χ2v) is 6.04. The zero-order chi connectivity index (χ0) is 16.7. The number of piperidine rings is 1. The summed E-state index contributed by atoms with van der Waals surface area (Å²) in [5, 5.41) is 10.2. The van der Waals surface area contributed by atoms with Crippen molar-refractivity contribution < 1.29 is 19.4 Å². The number of methoxy groups -OCH3 is 1. The predicted molar refractivity (Wildman–Crippen MR) is 88.8 cm³/mol. The maximum absolute atomic E-state index is 11.5. The molecule has 1 aromatic rings. The standard InChI is InChI=1S/C18H27NO4/c1-3-15-8-4-5-10-19(15)12-16(20)13-23-17-9-6-7-14(11-17)18(21)22-2/h6-7,9,11,15-16,20H,3-5,8,10,12-13H2,1-2H3/t15-,16-/m1/s1. The van der Waals surface area contributed by atoms with Gasteiger partial charge in [0.05, 0.1) is 12.7 Å². The predicted octanol–water partition coefficient (Wildman–Crippen LogP) is 2.48. The number of likely N-dealkylation sites (tertiary alicyclic amines) is 1. The summed E-state index contributed by atoms with van der Waals surface area (Å²) in [6, 6.07) is 7.39. The molecule has 0 aliphatic carbocycles. The van der Waals surface area contributed by atoms with Gasteiger partial charge < -0.3 is 14.6 Å². The van der Waals surface area contributed by atoms with Crippen LogP contribution in [-0.4, -0.2) is 54.9 Å². The first-order valence-electron chi connectivity index (χ1n) is 8.37. The number of nitrogens with zero attached hydrogens (tertiary/aromatic N) is 1. The fourth-order valence-corrected chi connectivity index (χ4v) is 3.11. The maximum Gasteiger partial charge on any atom is 0.337 e. The van der Waals surface area contributed by atoms with Gasteiger partial charge in [0.1, 0.15) is 18.5 Å². The monoisotopic (exact) mass is 321 g/mol. The fraction of sp³-hybridized carbons (Fsp3) is 0.611. The average molecular weight is 321 g/mol. The summed E-state index contributed by atoms with van der Waals surface area (Å²) in [6.45, 7) is 4.10. The molecule has 1 N–H and O–H groups in total. The van der Waals surface area contributed by atoms with Gasteiger partial charge in [-0.25, -0.2) is 4.79 Å². The molecule has 2 atom stereocenters. The minimum absolute atomic E-state index is 0.220. The molecule has 1 aliphatic rings. The van der Waals surface area contributed by atoms with Crippen LogP contribution in [0.4, 0.5) is 0 Å². The van der Waals surface area contributed by atoms with Crippen LogP contribution in [0, 0.1) is 0 Å². The molecule has 1 fully saturated rings. The van der Waals surface area contributed by atoms with Crippen LogP contribution in [0.15, 0.2) is 24.3 Å². The van der Waals surface area contributed by atoms with E-state index in [1.165, 1.54) is 26.4 Å². The fourth-order valence-electron chi connectivity index (χ4n) is 3.11. The zero-order valence-electron chi connectivity index (χ0n) is 14.0. The summed E-state index contributed by atoms with van der Waals surface area (Å²) in [5.41, 5.74) is 0.446. The largest absolute Gasteiger partial charge is 0.491 e. The third-order valence-electron chi connectivity index (χ3n) is 4.36. The number of carbonyl (C=O) groups excluding carboxylic acids is 1. The van der Waals surface area contributed by atoms with Crippen molar-refractivity contribution in [2.45, 2.75) is 44.8 Å². The van der Waals surface area contributed by atoms with Crippen molar-refractivity contribution in [1.29, 1.82) is 0 Å². The van der Waals surface area contributed by atoms with Gasteiger partial charge in [-0.1, -0.05) is 19.4 Å². The Morgan fingerprint density at radius 1 is 1.43 bits per heavy atom. The molecule has 1 aliphatic heterocycles. The van der Waals surface area contributed by atoms with E-state index in [0.29, 0.717) is 23.9 Å². The van der Waals surface area contributed by atoms with E-state index in [1.807, 2.05) is 0 Å². The summed E-state index contributed by atoms with van der Waals surface area (Å²) >= 11 is 0. The highest BCUT2D eigenvalue weighted by molar-refractivity contribution is 5.89. The Balaban J connectivity index is 1.84. The van der Waals surface area contributed by atoms with Crippen LogP contribution >= 0.6 is 0 Å². The lowest BCUT2D eigenvalue weighted by atomic mass is 10.00. The lowest BCUT2D eigenvalue weighted by Gasteiger charge is -2.36. The summed E-state index contributed by atoms with van der Waals surface area (Å²) < 4.78 is 10.3. The van der Waals surface area contributed by atoms with Gasteiger partial charge in [0, 0.05) is 12.6 Å². The smallest absolute Gasteiger partial charge is 0.337 e. The number of aliphatic hydroxyl groups is 1. The molecule has 5 nitrogen and oxygen atoms in total. The molecule has 23 heavy (non-hydrogen) atoms. The molecule has 1 heterocycles. The highest BCUT2D eigenvalue weighted by atomic mass is 16.5.